The van der Waals surface area contributed by atoms with Gasteiger partial charge in [-0.1, -0.05) is 21.1 Å². The molecule has 18 heteroatoms. The van der Waals surface area contributed by atoms with Crippen molar-refractivity contribution in [1.29, 1.82) is 0 Å². The van der Waals surface area contributed by atoms with Crippen LogP contribution in [-0.2, 0) is 24.0 Å². The lowest BCUT2D eigenvalue weighted by molar-refractivity contribution is -0.161. The molecule has 1 saturated heterocycles. The topological polar surface area (TPSA) is 237 Å². The SMILES string of the molecule is CC(C)(O/N=C(\C(=O)NC1C(=O)N2C(C(=O)O)=C(CNC=Cc3cc(O)c(O)cc3Br)CS[C@H]12)c1csc(N)n1)C(=O)O. The van der Waals surface area contributed by atoms with Gasteiger partial charge >= 0.3 is 11.9 Å². The highest BCUT2D eigenvalue weighted by Crippen LogP contribution is 2.40. The van der Waals surface area contributed by atoms with E-state index in [0.29, 0.717) is 15.6 Å². The Kier molecular flexibility index (Phi) is 9.21. The Hall–Kier alpha value is -4.29. The average molecular weight is 698 g/mol. The van der Waals surface area contributed by atoms with Crippen molar-refractivity contribution >= 4 is 79.7 Å². The van der Waals surface area contributed by atoms with Gasteiger partial charge in [-0.25, -0.2) is 14.6 Å². The van der Waals surface area contributed by atoms with Gasteiger partial charge in [0.15, 0.2) is 22.3 Å². The minimum atomic E-state index is -1.78. The summed E-state index contributed by atoms with van der Waals surface area (Å²) in [5.41, 5.74) is 4.25. The zero-order chi connectivity index (χ0) is 31.6. The molecule has 1 aromatic heterocycles. The number of aromatic nitrogens is 1. The van der Waals surface area contributed by atoms with E-state index in [1.165, 1.54) is 49.3 Å². The summed E-state index contributed by atoms with van der Waals surface area (Å²) in [5.74, 6) is -4.58. The van der Waals surface area contributed by atoms with E-state index >= 15 is 0 Å². The Morgan fingerprint density at radius 2 is 1.98 bits per heavy atom. The van der Waals surface area contributed by atoms with Crippen molar-refractivity contribution in [2.24, 2.45) is 5.16 Å². The van der Waals surface area contributed by atoms with Gasteiger partial charge < -0.3 is 41.6 Å². The molecule has 43 heavy (non-hydrogen) atoms. The van der Waals surface area contributed by atoms with Gasteiger partial charge in [0, 0.05) is 22.2 Å². The number of carboxylic acid groups (broad SMARTS) is 2. The number of thiazole rings is 1. The molecule has 2 aromatic rings. The molecule has 2 aliphatic heterocycles. The lowest BCUT2D eigenvalue weighted by atomic mass is 10.0. The van der Waals surface area contributed by atoms with Gasteiger partial charge in [-0.2, -0.15) is 0 Å². The molecule has 4 rings (SSSR count). The molecule has 2 amide bonds. The van der Waals surface area contributed by atoms with Crippen LogP contribution < -0.4 is 16.4 Å². The number of phenolic OH excluding ortho intramolecular Hbond substituents is 2. The summed E-state index contributed by atoms with van der Waals surface area (Å²) in [6.45, 7) is 2.54. The number of hydrogen-bond acceptors (Lipinski definition) is 13. The molecule has 0 spiro atoms. The minimum absolute atomic E-state index is 0.00296. The maximum atomic E-state index is 13.2. The number of carboxylic acids is 2. The van der Waals surface area contributed by atoms with Gasteiger partial charge in [-0.15, -0.1) is 23.1 Å². The van der Waals surface area contributed by atoms with E-state index in [9.17, 15) is 39.6 Å². The van der Waals surface area contributed by atoms with Crippen LogP contribution in [0, 0.1) is 0 Å². The number of nitrogens with one attached hydrogen (secondary N) is 2. The number of benzene rings is 1. The minimum Gasteiger partial charge on any atom is -0.504 e. The molecule has 3 heterocycles. The number of nitrogen functional groups attached to an aromatic ring is 1. The lowest BCUT2D eigenvalue weighted by Gasteiger charge is -2.49. The number of halogens is 1. The highest BCUT2D eigenvalue weighted by atomic mass is 79.9. The standard InChI is InChI=1S/C25H25BrN6O9S2/c1-25(2,23(39)40)41-31-16(13-9-43-24(27)29-13)19(35)30-17-20(36)32-18(22(37)38)11(8-42-21(17)32)7-28-4-3-10-5-14(33)15(34)6-12(10)26/h3-6,9,17,21,28,33-34H,7-8H2,1-2H3,(H2,27,29)(H,30,35)(H,37,38)(H,39,40)/b4-3?,31-16-/t17?,21-/m1/s1. The number of carbonyl (C=O) groups is 4. The molecule has 0 bridgehead atoms. The van der Waals surface area contributed by atoms with E-state index < -0.39 is 46.5 Å². The third-order valence-electron chi connectivity index (χ3n) is 6.19. The van der Waals surface area contributed by atoms with Gasteiger partial charge in [0.1, 0.15) is 22.8 Å². The average Bonchev–Trinajstić information content (AvgIpc) is 3.37. The number of rotatable bonds is 11. The molecular formula is C25H25BrN6O9S2. The smallest absolute Gasteiger partial charge is 0.352 e. The van der Waals surface area contributed by atoms with Gasteiger partial charge in [0.25, 0.3) is 11.8 Å². The molecule has 2 atom stereocenters. The molecule has 0 saturated carbocycles. The number of aliphatic carboxylic acids is 2. The van der Waals surface area contributed by atoms with Crippen LogP contribution in [-0.4, -0.2) is 89.1 Å². The first-order valence-electron chi connectivity index (χ1n) is 12.2. The van der Waals surface area contributed by atoms with Crippen LogP contribution in [0.5, 0.6) is 11.5 Å². The first-order valence-corrected chi connectivity index (χ1v) is 15.0. The summed E-state index contributed by atoms with van der Waals surface area (Å²) in [5, 5.41) is 48.5. The number of thioether (sulfide) groups is 1. The molecule has 1 unspecified atom stereocenters. The number of β-lactam (4-membered cyclic amide) rings is 1. The number of oxime groups is 1. The number of nitrogens with two attached hydrogens (primary N) is 1. The molecule has 0 aliphatic carbocycles. The molecule has 0 radical (unpaired) electrons. The third-order valence-corrected chi connectivity index (χ3v) is 8.89. The van der Waals surface area contributed by atoms with E-state index in [2.05, 4.69) is 36.7 Å². The van der Waals surface area contributed by atoms with Crippen LogP contribution >= 0.6 is 39.0 Å². The second kappa shape index (κ2) is 12.5. The molecule has 228 valence electrons. The van der Waals surface area contributed by atoms with E-state index in [0.717, 1.165) is 16.2 Å². The maximum Gasteiger partial charge on any atom is 0.352 e. The van der Waals surface area contributed by atoms with Gasteiger partial charge in [0.05, 0.1) is 0 Å². The van der Waals surface area contributed by atoms with Crippen molar-refractivity contribution in [2.45, 2.75) is 30.9 Å². The Morgan fingerprint density at radius 1 is 1.28 bits per heavy atom. The largest absolute Gasteiger partial charge is 0.504 e. The number of fused-ring (bicyclic) bond motifs is 1. The fourth-order valence-electron chi connectivity index (χ4n) is 3.85. The second-order valence-electron chi connectivity index (χ2n) is 9.61. The number of phenols is 2. The van der Waals surface area contributed by atoms with Crippen LogP contribution in [0.15, 0.2) is 44.6 Å². The first kappa shape index (κ1) is 31.6. The monoisotopic (exact) mass is 696 g/mol. The zero-order valence-corrected chi connectivity index (χ0v) is 25.6. The molecule has 1 aromatic carbocycles. The summed E-state index contributed by atoms with van der Waals surface area (Å²) in [7, 11) is 0. The number of anilines is 1. The Balaban J connectivity index is 1.48. The van der Waals surface area contributed by atoms with Crippen molar-refractivity contribution in [3.63, 3.8) is 0 Å². The van der Waals surface area contributed by atoms with Crippen LogP contribution in [0.4, 0.5) is 5.13 Å². The Labute approximate surface area is 260 Å². The molecule has 15 nitrogen and oxygen atoms in total. The highest BCUT2D eigenvalue weighted by Gasteiger charge is 2.54. The summed E-state index contributed by atoms with van der Waals surface area (Å²) in [6, 6.07) is 1.56. The second-order valence-corrected chi connectivity index (χ2v) is 12.5. The van der Waals surface area contributed by atoms with Crippen LogP contribution in [0.3, 0.4) is 0 Å². The Bertz CT molecular complexity index is 1590. The van der Waals surface area contributed by atoms with E-state index in [-0.39, 0.29) is 40.3 Å². The number of hydrogen-bond donors (Lipinski definition) is 7. The van der Waals surface area contributed by atoms with E-state index in [1.54, 1.807) is 6.08 Å². The quantitative estimate of drug-likeness (QED) is 0.0764. The number of nitrogens with zero attached hydrogens (tertiary/aromatic N) is 3. The maximum absolute atomic E-state index is 13.2. The van der Waals surface area contributed by atoms with Crippen LogP contribution in [0.1, 0.15) is 25.1 Å². The normalized spacial score (nSPS) is 18.7. The lowest BCUT2D eigenvalue weighted by Crippen LogP contribution is -2.71. The molecular weight excluding hydrogens is 672 g/mol. The highest BCUT2D eigenvalue weighted by molar-refractivity contribution is 9.10. The number of amides is 2. The molecule has 2 aliphatic rings. The number of carbonyl (C=O) groups excluding carboxylic acids is 2. The van der Waals surface area contributed by atoms with Gasteiger partial charge in [-0.3, -0.25) is 14.5 Å². The third kappa shape index (κ3) is 6.70. The van der Waals surface area contributed by atoms with Gasteiger partial charge in [0.2, 0.25) is 5.60 Å². The summed E-state index contributed by atoms with van der Waals surface area (Å²) in [4.78, 5) is 60.1. The van der Waals surface area contributed by atoms with Crippen molar-refractivity contribution in [3.8, 4) is 11.5 Å². The van der Waals surface area contributed by atoms with Crippen molar-refractivity contribution in [3.05, 3.63) is 50.7 Å². The fraction of sp³-hybridized carbons (Fsp3) is 0.280. The predicted octanol–water partition coefficient (Wildman–Crippen LogP) is 1.48. The first-order chi connectivity index (χ1) is 20.2. The van der Waals surface area contributed by atoms with E-state index in [4.69, 9.17) is 10.6 Å². The summed E-state index contributed by atoms with van der Waals surface area (Å²) >= 11 is 5.53. The van der Waals surface area contributed by atoms with Gasteiger partial charge in [-0.05, 0) is 49.4 Å². The van der Waals surface area contributed by atoms with Crippen LogP contribution in [0.2, 0.25) is 0 Å². The van der Waals surface area contributed by atoms with Crippen molar-refractivity contribution in [2.75, 3.05) is 18.0 Å². The Morgan fingerprint density at radius 3 is 2.60 bits per heavy atom. The summed E-state index contributed by atoms with van der Waals surface area (Å²) in [6.07, 6.45) is 3.13. The zero-order valence-electron chi connectivity index (χ0n) is 22.4. The molecule has 8 N–H and O–H groups in total. The fourth-order valence-corrected chi connectivity index (χ4v) is 6.21. The van der Waals surface area contributed by atoms with Crippen molar-refractivity contribution in [1.82, 2.24) is 20.5 Å². The summed E-state index contributed by atoms with van der Waals surface area (Å²) < 4.78 is 0.519. The molecule has 1 fully saturated rings. The number of aromatic hydroxyl groups is 2. The van der Waals surface area contributed by atoms with Crippen molar-refractivity contribution < 1.29 is 44.4 Å². The predicted molar refractivity (Wildman–Crippen MR) is 160 cm³/mol. The van der Waals surface area contributed by atoms with Crippen LogP contribution in [0.25, 0.3) is 6.08 Å². The van der Waals surface area contributed by atoms with E-state index in [1.807, 2.05) is 0 Å².